The molecule has 9 heteroatoms. The summed E-state index contributed by atoms with van der Waals surface area (Å²) in [6.45, 7) is 3.67. The number of fused-ring (bicyclic) bond motifs is 1. The number of ether oxygens (including phenoxy) is 2. The number of hydrogen-bond donors (Lipinski definition) is 1. The topological polar surface area (TPSA) is 76.6 Å². The number of alkyl halides is 2. The molecular weight excluding hydrogens is 370 g/mol. The van der Waals surface area contributed by atoms with E-state index in [1.54, 1.807) is 23.2 Å². The Hall–Kier alpha value is -2.97. The second-order valence-electron chi connectivity index (χ2n) is 7.38. The summed E-state index contributed by atoms with van der Waals surface area (Å²) in [5.41, 5.74) is 1.80. The molecule has 2 heterocycles. The van der Waals surface area contributed by atoms with Crippen molar-refractivity contribution in [2.24, 2.45) is 0 Å². The van der Waals surface area contributed by atoms with E-state index in [0.29, 0.717) is 25.6 Å². The van der Waals surface area contributed by atoms with E-state index in [1.807, 2.05) is 20.8 Å². The number of benzene rings is 1. The summed E-state index contributed by atoms with van der Waals surface area (Å²) >= 11 is 0. The monoisotopic (exact) mass is 392 g/mol. The summed E-state index contributed by atoms with van der Waals surface area (Å²) in [5.74, 6) is 0.488. The van der Waals surface area contributed by atoms with E-state index in [9.17, 15) is 13.6 Å². The Balaban J connectivity index is 1.60. The molecule has 0 bridgehead atoms. The van der Waals surface area contributed by atoms with Crippen molar-refractivity contribution in [3.05, 3.63) is 47.3 Å². The van der Waals surface area contributed by atoms with Gasteiger partial charge in [-0.3, -0.25) is 4.90 Å². The lowest BCUT2D eigenvalue weighted by Crippen LogP contribution is -2.33. The van der Waals surface area contributed by atoms with Crippen molar-refractivity contribution < 1.29 is 23.0 Å². The molecule has 3 rings (SSSR count). The zero-order chi connectivity index (χ0) is 20.3. The molecule has 2 aromatic rings. The van der Waals surface area contributed by atoms with Crippen LogP contribution in [0.15, 0.2) is 30.5 Å². The van der Waals surface area contributed by atoms with Gasteiger partial charge in [0.2, 0.25) is 5.95 Å². The van der Waals surface area contributed by atoms with Crippen molar-refractivity contribution >= 4 is 12.0 Å². The number of carbonyl (C=O) groups excluding carboxylic acids is 1. The van der Waals surface area contributed by atoms with E-state index in [-0.39, 0.29) is 5.75 Å². The van der Waals surface area contributed by atoms with Gasteiger partial charge in [-0.15, -0.1) is 0 Å². The number of nitrogens with one attached hydrogen (secondary N) is 1. The van der Waals surface area contributed by atoms with Crippen molar-refractivity contribution in [2.75, 3.05) is 5.32 Å². The molecule has 0 saturated carbocycles. The molecule has 1 amide bonds. The Kier molecular flexibility index (Phi) is 5.62. The van der Waals surface area contributed by atoms with E-state index in [2.05, 4.69) is 20.0 Å². The molecule has 0 fully saturated rings. The molecule has 7 nitrogen and oxygen atoms in total. The number of amides is 1. The molecule has 0 aliphatic carbocycles. The van der Waals surface area contributed by atoms with Crippen LogP contribution >= 0.6 is 0 Å². The Morgan fingerprint density at radius 1 is 1.32 bits per heavy atom. The number of nitrogens with zero attached hydrogens (tertiary/aromatic N) is 3. The number of hydrogen-bond acceptors (Lipinski definition) is 6. The summed E-state index contributed by atoms with van der Waals surface area (Å²) < 4.78 is 34.4. The van der Waals surface area contributed by atoms with Gasteiger partial charge in [-0.2, -0.15) is 8.78 Å². The average Bonchev–Trinajstić information content (AvgIpc) is 3.02. The van der Waals surface area contributed by atoms with Crippen LogP contribution in [0.25, 0.3) is 0 Å². The van der Waals surface area contributed by atoms with Crippen LogP contribution < -0.4 is 10.1 Å². The van der Waals surface area contributed by atoms with Crippen LogP contribution in [0.4, 0.5) is 19.5 Å². The summed E-state index contributed by atoms with van der Waals surface area (Å²) in [6, 6.07) is 6.41. The van der Waals surface area contributed by atoms with Gasteiger partial charge in [0.25, 0.3) is 0 Å². The quantitative estimate of drug-likeness (QED) is 0.831. The van der Waals surface area contributed by atoms with Crippen LogP contribution in [-0.2, 0) is 24.4 Å². The van der Waals surface area contributed by atoms with Gasteiger partial charge in [0.1, 0.15) is 11.4 Å². The second-order valence-corrected chi connectivity index (χ2v) is 7.38. The number of aromatic nitrogens is 2. The van der Waals surface area contributed by atoms with Crippen molar-refractivity contribution in [2.45, 2.75) is 52.6 Å². The van der Waals surface area contributed by atoms with Gasteiger partial charge in [-0.1, -0.05) is 12.1 Å². The van der Waals surface area contributed by atoms with E-state index in [1.165, 1.54) is 12.1 Å². The molecular formula is C19H22F2N4O3. The molecule has 1 N–H and O–H groups in total. The molecule has 0 spiro atoms. The van der Waals surface area contributed by atoms with Gasteiger partial charge in [0.05, 0.1) is 18.8 Å². The lowest BCUT2D eigenvalue weighted by molar-refractivity contribution is -0.0498. The van der Waals surface area contributed by atoms with Gasteiger partial charge in [-0.05, 0) is 38.5 Å². The third-order valence-electron chi connectivity index (χ3n) is 3.88. The van der Waals surface area contributed by atoms with Crippen LogP contribution in [0.1, 0.15) is 37.6 Å². The first kappa shape index (κ1) is 19.8. The normalized spacial score (nSPS) is 13.4. The standard InChI is InChI=1S/C19H22F2N4O3/c1-19(2,3)28-18(26)25-10-13-9-23-17(24-15(13)11-25)22-8-12-5-4-6-14(7-12)27-16(20)21/h4-7,9,16H,8,10-11H2,1-3H3,(H,22,23,24). The summed E-state index contributed by atoms with van der Waals surface area (Å²) in [6.07, 6.45) is 1.28. The molecule has 0 radical (unpaired) electrons. The Morgan fingerprint density at radius 2 is 2.11 bits per heavy atom. The molecule has 1 aliphatic rings. The zero-order valence-corrected chi connectivity index (χ0v) is 15.9. The van der Waals surface area contributed by atoms with Crippen LogP contribution in [0.5, 0.6) is 5.75 Å². The fourth-order valence-corrected chi connectivity index (χ4v) is 2.71. The average molecular weight is 392 g/mol. The predicted octanol–water partition coefficient (Wildman–Crippen LogP) is 3.94. The largest absolute Gasteiger partial charge is 0.444 e. The number of halogens is 2. The van der Waals surface area contributed by atoms with Crippen LogP contribution in [0.3, 0.4) is 0 Å². The minimum absolute atomic E-state index is 0.0946. The number of carbonyl (C=O) groups is 1. The van der Waals surface area contributed by atoms with Crippen molar-refractivity contribution in [1.29, 1.82) is 0 Å². The first-order valence-corrected chi connectivity index (χ1v) is 8.80. The van der Waals surface area contributed by atoms with Crippen LogP contribution in [0.2, 0.25) is 0 Å². The molecule has 0 saturated heterocycles. The predicted molar refractivity (Wildman–Crippen MR) is 97.9 cm³/mol. The van der Waals surface area contributed by atoms with E-state index in [0.717, 1.165) is 16.8 Å². The van der Waals surface area contributed by atoms with Gasteiger partial charge in [0.15, 0.2) is 0 Å². The second kappa shape index (κ2) is 7.95. The smallest absolute Gasteiger partial charge is 0.410 e. The summed E-state index contributed by atoms with van der Waals surface area (Å²) in [5, 5.41) is 3.05. The van der Waals surface area contributed by atoms with Crippen LogP contribution in [0, 0.1) is 0 Å². The Labute approximate surface area is 161 Å². The Morgan fingerprint density at radius 3 is 2.82 bits per heavy atom. The Bertz CT molecular complexity index is 855. The highest BCUT2D eigenvalue weighted by Crippen LogP contribution is 2.24. The molecule has 1 aliphatic heterocycles. The number of anilines is 1. The van der Waals surface area contributed by atoms with Crippen molar-refractivity contribution in [1.82, 2.24) is 14.9 Å². The van der Waals surface area contributed by atoms with Crippen molar-refractivity contribution in [3.8, 4) is 5.75 Å². The molecule has 0 unspecified atom stereocenters. The first-order chi connectivity index (χ1) is 13.2. The molecule has 1 aromatic carbocycles. The van der Waals surface area contributed by atoms with Gasteiger partial charge < -0.3 is 14.8 Å². The van der Waals surface area contributed by atoms with Gasteiger partial charge in [0, 0.05) is 18.3 Å². The van der Waals surface area contributed by atoms with Gasteiger partial charge >= 0.3 is 12.7 Å². The molecule has 0 atom stereocenters. The highest BCUT2D eigenvalue weighted by molar-refractivity contribution is 5.69. The van der Waals surface area contributed by atoms with E-state index in [4.69, 9.17) is 4.74 Å². The SMILES string of the molecule is CC(C)(C)OC(=O)N1Cc2cnc(NCc3cccc(OC(F)F)c3)nc2C1. The number of rotatable bonds is 5. The fraction of sp³-hybridized carbons (Fsp3) is 0.421. The zero-order valence-electron chi connectivity index (χ0n) is 15.9. The van der Waals surface area contributed by atoms with Crippen molar-refractivity contribution in [3.63, 3.8) is 0 Å². The van der Waals surface area contributed by atoms with E-state index >= 15 is 0 Å². The molecule has 1 aromatic heterocycles. The maximum atomic E-state index is 12.3. The highest BCUT2D eigenvalue weighted by Gasteiger charge is 2.29. The minimum Gasteiger partial charge on any atom is -0.444 e. The molecule has 28 heavy (non-hydrogen) atoms. The maximum absolute atomic E-state index is 12.3. The lowest BCUT2D eigenvalue weighted by Gasteiger charge is -2.23. The van der Waals surface area contributed by atoms with Crippen LogP contribution in [-0.4, -0.2) is 33.2 Å². The molecule has 150 valence electrons. The summed E-state index contributed by atoms with van der Waals surface area (Å²) in [7, 11) is 0. The third-order valence-corrected chi connectivity index (χ3v) is 3.88. The first-order valence-electron chi connectivity index (χ1n) is 8.80. The lowest BCUT2D eigenvalue weighted by atomic mass is 10.2. The van der Waals surface area contributed by atoms with E-state index < -0.39 is 18.3 Å². The summed E-state index contributed by atoms with van der Waals surface area (Å²) in [4.78, 5) is 22.5. The minimum atomic E-state index is -2.86. The fourth-order valence-electron chi connectivity index (χ4n) is 2.71. The highest BCUT2D eigenvalue weighted by atomic mass is 19.3. The maximum Gasteiger partial charge on any atom is 0.410 e. The third kappa shape index (κ3) is 5.28. The van der Waals surface area contributed by atoms with Gasteiger partial charge in [-0.25, -0.2) is 14.8 Å².